The van der Waals surface area contributed by atoms with Gasteiger partial charge in [0.15, 0.2) is 11.5 Å². The third-order valence-electron chi connectivity index (χ3n) is 1.23. The normalized spacial score (nSPS) is 11.1. The van der Waals surface area contributed by atoms with Gasteiger partial charge in [0.2, 0.25) is 0 Å². The van der Waals surface area contributed by atoms with Gasteiger partial charge in [-0.2, -0.15) is 0 Å². The summed E-state index contributed by atoms with van der Waals surface area (Å²) in [6.07, 6.45) is -4.01. The maximum Gasteiger partial charge on any atom is 0.573 e. The van der Waals surface area contributed by atoms with E-state index in [1.54, 1.807) is 0 Å². The van der Waals surface area contributed by atoms with Crippen molar-refractivity contribution in [1.29, 1.82) is 0 Å². The zero-order chi connectivity index (χ0) is 10.8. The summed E-state index contributed by atoms with van der Waals surface area (Å²) in [5, 5.41) is 9.05. The average Bonchev–Trinajstić information content (AvgIpc) is 2.01. The molecule has 0 amide bonds. The third-order valence-corrected chi connectivity index (χ3v) is 1.23. The monoisotopic (exact) mass is 209 g/mol. The highest BCUT2D eigenvalue weighted by Gasteiger charge is 2.31. The number of rotatable bonds is 2. The van der Waals surface area contributed by atoms with Crippen LogP contribution in [0.25, 0.3) is 0 Å². The molecule has 1 aromatic rings. The van der Waals surface area contributed by atoms with Crippen molar-refractivity contribution in [3.8, 4) is 17.4 Å². The van der Waals surface area contributed by atoms with Crippen molar-refractivity contribution in [3.63, 3.8) is 0 Å². The fourth-order valence-corrected chi connectivity index (χ4v) is 0.769. The molecule has 0 aliphatic heterocycles. The van der Waals surface area contributed by atoms with Crippen LogP contribution in [0.3, 0.4) is 0 Å². The highest BCUT2D eigenvalue weighted by Crippen LogP contribution is 2.29. The number of halogens is 3. The van der Waals surface area contributed by atoms with Gasteiger partial charge < -0.3 is 14.6 Å². The van der Waals surface area contributed by atoms with E-state index < -0.39 is 17.9 Å². The summed E-state index contributed by atoms with van der Waals surface area (Å²) in [5.41, 5.74) is 0. The van der Waals surface area contributed by atoms with Gasteiger partial charge in [0.1, 0.15) is 0 Å². The Morgan fingerprint density at radius 1 is 1.43 bits per heavy atom. The van der Waals surface area contributed by atoms with E-state index in [0.29, 0.717) is 0 Å². The minimum absolute atomic E-state index is 0.167. The first-order valence-corrected chi connectivity index (χ1v) is 3.41. The maximum absolute atomic E-state index is 11.7. The van der Waals surface area contributed by atoms with Gasteiger partial charge in [0, 0.05) is 6.07 Å². The Hall–Kier alpha value is -1.66. The number of pyridine rings is 1. The van der Waals surface area contributed by atoms with Crippen LogP contribution >= 0.6 is 0 Å². The first-order chi connectivity index (χ1) is 6.42. The molecule has 0 aliphatic carbocycles. The van der Waals surface area contributed by atoms with Gasteiger partial charge in [-0.05, 0) is 0 Å². The second-order valence-electron chi connectivity index (χ2n) is 2.25. The summed E-state index contributed by atoms with van der Waals surface area (Å²) in [6, 6.07) is 0.763. The summed E-state index contributed by atoms with van der Waals surface area (Å²) in [4.78, 5) is 3.38. The molecule has 1 rings (SSSR count). The first-order valence-electron chi connectivity index (χ1n) is 3.41. The molecular formula is C7H6F3NO3. The predicted molar refractivity (Wildman–Crippen MR) is 39.1 cm³/mol. The lowest BCUT2D eigenvalue weighted by Gasteiger charge is -2.09. The quantitative estimate of drug-likeness (QED) is 0.805. The van der Waals surface area contributed by atoms with Gasteiger partial charge in [0.25, 0.3) is 5.88 Å². The van der Waals surface area contributed by atoms with Crippen LogP contribution in [-0.4, -0.2) is 23.6 Å². The SMILES string of the molecule is COc1ncc(OC(F)(F)F)cc1O. The molecule has 1 aromatic heterocycles. The van der Waals surface area contributed by atoms with Gasteiger partial charge in [0.05, 0.1) is 13.3 Å². The molecule has 1 N–H and O–H groups in total. The second-order valence-corrected chi connectivity index (χ2v) is 2.25. The van der Waals surface area contributed by atoms with Crippen LogP contribution in [0.15, 0.2) is 12.3 Å². The van der Waals surface area contributed by atoms with Crippen molar-refractivity contribution in [3.05, 3.63) is 12.3 Å². The number of alkyl halides is 3. The van der Waals surface area contributed by atoms with Crippen molar-refractivity contribution >= 4 is 0 Å². The summed E-state index contributed by atoms with van der Waals surface area (Å²) in [6.45, 7) is 0. The van der Waals surface area contributed by atoms with E-state index in [-0.39, 0.29) is 5.88 Å². The lowest BCUT2D eigenvalue weighted by molar-refractivity contribution is -0.274. The molecule has 0 fully saturated rings. The summed E-state index contributed by atoms with van der Waals surface area (Å²) >= 11 is 0. The molecule has 0 spiro atoms. The van der Waals surface area contributed by atoms with E-state index in [0.717, 1.165) is 12.3 Å². The van der Waals surface area contributed by atoms with Crippen LogP contribution in [0.5, 0.6) is 17.4 Å². The molecule has 0 aromatic carbocycles. The van der Waals surface area contributed by atoms with Crippen LogP contribution < -0.4 is 9.47 Å². The van der Waals surface area contributed by atoms with Crippen LogP contribution in [0.2, 0.25) is 0 Å². The first kappa shape index (κ1) is 10.4. The number of aromatic hydroxyl groups is 1. The van der Waals surface area contributed by atoms with Crippen molar-refractivity contribution < 1.29 is 27.8 Å². The number of hydrogen-bond donors (Lipinski definition) is 1. The highest BCUT2D eigenvalue weighted by atomic mass is 19.4. The molecule has 0 aliphatic rings. The predicted octanol–water partition coefficient (Wildman–Crippen LogP) is 1.69. The zero-order valence-corrected chi connectivity index (χ0v) is 7.00. The molecule has 14 heavy (non-hydrogen) atoms. The molecule has 0 unspecified atom stereocenters. The molecule has 0 atom stereocenters. The standard InChI is InChI=1S/C7H6F3NO3/c1-13-6-5(12)2-4(3-11-6)14-7(8,9)10/h2-3,12H,1H3. The zero-order valence-electron chi connectivity index (χ0n) is 7.00. The minimum atomic E-state index is -4.80. The topological polar surface area (TPSA) is 51.6 Å². The Bertz CT molecular complexity index is 326. The molecule has 0 saturated heterocycles. The fourth-order valence-electron chi connectivity index (χ4n) is 0.769. The van der Waals surface area contributed by atoms with E-state index in [9.17, 15) is 13.2 Å². The van der Waals surface area contributed by atoms with Gasteiger partial charge >= 0.3 is 6.36 Å². The smallest absolute Gasteiger partial charge is 0.503 e. The third kappa shape index (κ3) is 2.68. The second kappa shape index (κ2) is 3.60. The van der Waals surface area contributed by atoms with E-state index in [1.165, 1.54) is 7.11 Å². The summed E-state index contributed by atoms with van der Waals surface area (Å²) in [7, 11) is 1.23. The fraction of sp³-hybridized carbons (Fsp3) is 0.286. The molecule has 0 saturated carbocycles. The van der Waals surface area contributed by atoms with Crippen LogP contribution in [0, 0.1) is 0 Å². The summed E-state index contributed by atoms with van der Waals surface area (Å²) in [5.74, 6) is -1.29. The maximum atomic E-state index is 11.7. The lowest BCUT2D eigenvalue weighted by Crippen LogP contribution is -2.17. The average molecular weight is 209 g/mol. The Labute approximate surface area is 76.9 Å². The molecule has 1 heterocycles. The van der Waals surface area contributed by atoms with Crippen molar-refractivity contribution in [2.24, 2.45) is 0 Å². The van der Waals surface area contributed by atoms with Gasteiger partial charge in [-0.3, -0.25) is 0 Å². The molecule has 0 radical (unpaired) electrons. The Kier molecular flexibility index (Phi) is 2.68. The number of nitrogens with zero attached hydrogens (tertiary/aromatic N) is 1. The van der Waals surface area contributed by atoms with Crippen LogP contribution in [-0.2, 0) is 0 Å². The van der Waals surface area contributed by atoms with Crippen LogP contribution in [0.1, 0.15) is 0 Å². The van der Waals surface area contributed by atoms with E-state index in [4.69, 9.17) is 5.11 Å². The molecule has 7 heteroatoms. The Morgan fingerprint density at radius 2 is 2.07 bits per heavy atom. The van der Waals surface area contributed by atoms with Crippen molar-refractivity contribution in [2.75, 3.05) is 7.11 Å². The molecule has 0 bridgehead atoms. The summed E-state index contributed by atoms with van der Waals surface area (Å²) < 4.78 is 43.1. The van der Waals surface area contributed by atoms with Gasteiger partial charge in [-0.25, -0.2) is 4.98 Å². The van der Waals surface area contributed by atoms with E-state index >= 15 is 0 Å². The Balaban J connectivity index is 2.87. The van der Waals surface area contributed by atoms with Crippen LogP contribution in [0.4, 0.5) is 13.2 Å². The Morgan fingerprint density at radius 3 is 2.50 bits per heavy atom. The molecule has 4 nitrogen and oxygen atoms in total. The highest BCUT2D eigenvalue weighted by molar-refractivity contribution is 5.37. The van der Waals surface area contributed by atoms with Gasteiger partial charge in [-0.1, -0.05) is 0 Å². The number of aromatic nitrogens is 1. The van der Waals surface area contributed by atoms with Gasteiger partial charge in [-0.15, -0.1) is 13.2 Å². The molecule has 78 valence electrons. The number of hydrogen-bond acceptors (Lipinski definition) is 4. The minimum Gasteiger partial charge on any atom is -0.503 e. The lowest BCUT2D eigenvalue weighted by atomic mass is 10.4. The van der Waals surface area contributed by atoms with Crippen molar-refractivity contribution in [2.45, 2.75) is 6.36 Å². The van der Waals surface area contributed by atoms with Crippen molar-refractivity contribution in [1.82, 2.24) is 4.98 Å². The number of ether oxygens (including phenoxy) is 2. The van der Waals surface area contributed by atoms with E-state index in [1.807, 2.05) is 0 Å². The van der Waals surface area contributed by atoms with E-state index in [2.05, 4.69) is 14.5 Å². The number of methoxy groups -OCH3 is 1. The molecular weight excluding hydrogens is 203 g/mol. The largest absolute Gasteiger partial charge is 0.573 e.